The lowest BCUT2D eigenvalue weighted by Gasteiger charge is -2.37. The molecule has 6 heteroatoms. The summed E-state index contributed by atoms with van der Waals surface area (Å²) >= 11 is 0. The highest BCUT2D eigenvalue weighted by Crippen LogP contribution is 2.50. The molecule has 2 heterocycles. The highest BCUT2D eigenvalue weighted by atomic mass is 16.6. The van der Waals surface area contributed by atoms with Crippen LogP contribution in [-0.2, 0) is 0 Å². The molecule has 1 N–H and O–H groups in total. The van der Waals surface area contributed by atoms with Crippen LogP contribution in [0.1, 0.15) is 45.6 Å². The Bertz CT molecular complexity index is 1210. The van der Waals surface area contributed by atoms with Crippen LogP contribution in [0.15, 0.2) is 83.5 Å². The molecule has 0 spiro atoms. The number of hydrogen-bond donors (Lipinski definition) is 1. The summed E-state index contributed by atoms with van der Waals surface area (Å²) in [6, 6.07) is 16.1. The molecule has 0 saturated heterocycles. The fraction of sp³-hybridized carbons (Fsp3) is 0.160. The van der Waals surface area contributed by atoms with Crippen LogP contribution in [-0.4, -0.2) is 10.7 Å². The van der Waals surface area contributed by atoms with Gasteiger partial charge in [0.15, 0.2) is 5.78 Å². The second-order valence-electron chi connectivity index (χ2n) is 7.84. The van der Waals surface area contributed by atoms with Crippen LogP contribution in [0.3, 0.4) is 0 Å². The number of nitrogens with one attached hydrogen (secondary N) is 1. The van der Waals surface area contributed by atoms with Gasteiger partial charge >= 0.3 is 0 Å². The van der Waals surface area contributed by atoms with Crippen molar-refractivity contribution < 1.29 is 14.1 Å². The van der Waals surface area contributed by atoms with Gasteiger partial charge in [-0.05, 0) is 65.9 Å². The molecule has 0 fully saturated rings. The first kappa shape index (κ1) is 19.1. The van der Waals surface area contributed by atoms with Crippen molar-refractivity contribution in [3.05, 3.63) is 112 Å². The summed E-state index contributed by atoms with van der Waals surface area (Å²) in [6.45, 7) is 0. The molecule has 1 aromatic heterocycles. The van der Waals surface area contributed by atoms with Crippen LogP contribution in [0.4, 0.5) is 11.4 Å². The molecule has 2 aromatic carbocycles. The zero-order chi connectivity index (χ0) is 21.4. The van der Waals surface area contributed by atoms with Crippen molar-refractivity contribution >= 4 is 23.2 Å². The lowest BCUT2D eigenvalue weighted by molar-refractivity contribution is -0.384. The SMILES string of the molecule is O=C(/C=C/c1ccco1)c1ccc2c(c1)[C@H]1C=CC[C@@H]1[C@H](c1cccc([N+](=O)[O-])c1)N2. The Hall–Kier alpha value is -3.93. The van der Waals surface area contributed by atoms with E-state index in [2.05, 4.69) is 17.5 Å². The number of nitrogens with zero attached hydrogens (tertiary/aromatic N) is 1. The predicted octanol–water partition coefficient (Wildman–Crippen LogP) is 5.91. The van der Waals surface area contributed by atoms with Crippen LogP contribution in [0.25, 0.3) is 6.08 Å². The summed E-state index contributed by atoms with van der Waals surface area (Å²) in [5.74, 6) is 0.936. The van der Waals surface area contributed by atoms with E-state index in [1.54, 1.807) is 36.6 Å². The van der Waals surface area contributed by atoms with Gasteiger partial charge in [0.1, 0.15) is 5.76 Å². The van der Waals surface area contributed by atoms with Gasteiger partial charge in [-0.3, -0.25) is 14.9 Å². The molecule has 1 aliphatic carbocycles. The summed E-state index contributed by atoms with van der Waals surface area (Å²) in [5, 5.41) is 14.8. The zero-order valence-corrected chi connectivity index (χ0v) is 16.6. The van der Waals surface area contributed by atoms with Crippen molar-refractivity contribution in [1.82, 2.24) is 0 Å². The first-order valence-electron chi connectivity index (χ1n) is 10.2. The molecule has 2 aliphatic rings. The number of benzene rings is 2. The summed E-state index contributed by atoms with van der Waals surface area (Å²) < 4.78 is 5.24. The van der Waals surface area contributed by atoms with Crippen molar-refractivity contribution in [2.45, 2.75) is 18.4 Å². The van der Waals surface area contributed by atoms with Gasteiger partial charge in [0.05, 0.1) is 17.2 Å². The van der Waals surface area contributed by atoms with Gasteiger partial charge in [-0.2, -0.15) is 0 Å². The van der Waals surface area contributed by atoms with E-state index >= 15 is 0 Å². The van der Waals surface area contributed by atoms with Crippen LogP contribution in [0.2, 0.25) is 0 Å². The van der Waals surface area contributed by atoms with Gasteiger partial charge < -0.3 is 9.73 Å². The summed E-state index contributed by atoms with van der Waals surface area (Å²) in [7, 11) is 0. The molecule has 1 aliphatic heterocycles. The molecule has 0 unspecified atom stereocenters. The minimum Gasteiger partial charge on any atom is -0.465 e. The van der Waals surface area contributed by atoms with Crippen molar-refractivity contribution in [3.8, 4) is 0 Å². The first-order valence-corrected chi connectivity index (χ1v) is 10.2. The zero-order valence-electron chi connectivity index (χ0n) is 16.6. The fourth-order valence-corrected chi connectivity index (χ4v) is 4.55. The maximum absolute atomic E-state index is 12.7. The average molecular weight is 412 g/mol. The largest absolute Gasteiger partial charge is 0.465 e. The number of rotatable bonds is 5. The Morgan fingerprint density at radius 2 is 2.06 bits per heavy atom. The minimum atomic E-state index is -0.362. The number of furan rings is 1. The van der Waals surface area contributed by atoms with E-state index in [0.717, 1.165) is 23.2 Å². The van der Waals surface area contributed by atoms with Gasteiger partial charge in [0, 0.05) is 29.3 Å². The Kier molecular flexibility index (Phi) is 4.75. The molecule has 0 radical (unpaired) electrons. The number of carbonyl (C=O) groups is 1. The van der Waals surface area contributed by atoms with Crippen molar-refractivity contribution in [1.29, 1.82) is 0 Å². The number of nitro groups is 1. The van der Waals surface area contributed by atoms with E-state index in [4.69, 9.17) is 4.42 Å². The van der Waals surface area contributed by atoms with E-state index < -0.39 is 0 Å². The second-order valence-corrected chi connectivity index (χ2v) is 7.84. The van der Waals surface area contributed by atoms with E-state index in [0.29, 0.717) is 11.3 Å². The summed E-state index contributed by atoms with van der Waals surface area (Å²) in [4.78, 5) is 23.5. The lowest BCUT2D eigenvalue weighted by Crippen LogP contribution is -2.29. The molecule has 0 saturated carbocycles. The second kappa shape index (κ2) is 7.72. The topological polar surface area (TPSA) is 85.4 Å². The number of anilines is 1. The van der Waals surface area contributed by atoms with E-state index in [-0.39, 0.29) is 34.3 Å². The minimum absolute atomic E-state index is 0.0344. The maximum Gasteiger partial charge on any atom is 0.269 e. The monoisotopic (exact) mass is 412 g/mol. The molecular formula is C25H20N2O4. The number of allylic oxidation sites excluding steroid dienone is 3. The molecule has 5 rings (SSSR count). The van der Waals surface area contributed by atoms with E-state index in [1.807, 2.05) is 24.3 Å². The van der Waals surface area contributed by atoms with Gasteiger partial charge in [-0.15, -0.1) is 0 Å². The van der Waals surface area contributed by atoms with E-state index in [9.17, 15) is 14.9 Å². The Labute approximate surface area is 179 Å². The number of carbonyl (C=O) groups excluding carboxylic acids is 1. The quantitative estimate of drug-likeness (QED) is 0.185. The Morgan fingerprint density at radius 3 is 2.87 bits per heavy atom. The van der Waals surface area contributed by atoms with Crippen molar-refractivity contribution in [3.63, 3.8) is 0 Å². The van der Waals surface area contributed by atoms with Gasteiger partial charge in [0.25, 0.3) is 5.69 Å². The number of hydrogen-bond acceptors (Lipinski definition) is 5. The normalized spacial score (nSPS) is 21.5. The number of non-ortho nitro benzene ring substituents is 1. The number of ketones is 1. The Morgan fingerprint density at radius 1 is 1.16 bits per heavy atom. The van der Waals surface area contributed by atoms with Gasteiger partial charge in [0.2, 0.25) is 0 Å². The third kappa shape index (κ3) is 3.57. The standard InChI is InChI=1S/C25H20N2O4/c28-24(12-10-19-6-3-13-31-19)16-9-11-23-22(15-16)20-7-2-8-21(20)25(26-23)17-4-1-5-18(14-17)27(29)30/h1-7,9-15,20-21,25-26H,8H2/b12-10+/t20-,21-,25-/m0/s1. The fourth-order valence-electron chi connectivity index (χ4n) is 4.55. The molecular weight excluding hydrogens is 392 g/mol. The Balaban J connectivity index is 1.46. The molecule has 3 aromatic rings. The molecule has 0 amide bonds. The highest BCUT2D eigenvalue weighted by molar-refractivity contribution is 6.07. The van der Waals surface area contributed by atoms with Crippen LogP contribution in [0, 0.1) is 16.0 Å². The highest BCUT2D eigenvalue weighted by Gasteiger charge is 2.38. The van der Waals surface area contributed by atoms with Crippen LogP contribution in [0.5, 0.6) is 0 Å². The van der Waals surface area contributed by atoms with Crippen LogP contribution < -0.4 is 5.32 Å². The summed E-state index contributed by atoms with van der Waals surface area (Å²) in [5.41, 5.74) is 3.65. The van der Waals surface area contributed by atoms with Crippen LogP contribution >= 0.6 is 0 Å². The third-order valence-electron chi connectivity index (χ3n) is 6.03. The summed E-state index contributed by atoms with van der Waals surface area (Å²) in [6.07, 6.45) is 9.96. The number of nitro benzene ring substituents is 1. The molecule has 6 nitrogen and oxygen atoms in total. The van der Waals surface area contributed by atoms with Gasteiger partial charge in [-0.25, -0.2) is 0 Å². The predicted molar refractivity (Wildman–Crippen MR) is 118 cm³/mol. The molecule has 31 heavy (non-hydrogen) atoms. The van der Waals surface area contributed by atoms with Crippen molar-refractivity contribution in [2.24, 2.45) is 5.92 Å². The molecule has 3 atom stereocenters. The average Bonchev–Trinajstić information content (AvgIpc) is 3.49. The van der Waals surface area contributed by atoms with Crippen molar-refractivity contribution in [2.75, 3.05) is 5.32 Å². The van der Waals surface area contributed by atoms with Gasteiger partial charge in [-0.1, -0.05) is 24.3 Å². The number of fused-ring (bicyclic) bond motifs is 3. The molecule has 0 bridgehead atoms. The molecule has 154 valence electrons. The van der Waals surface area contributed by atoms with E-state index in [1.165, 1.54) is 12.1 Å². The third-order valence-corrected chi connectivity index (χ3v) is 6.03. The smallest absolute Gasteiger partial charge is 0.269 e. The lowest BCUT2D eigenvalue weighted by atomic mass is 9.76. The maximum atomic E-state index is 12.7. The first-order chi connectivity index (χ1) is 15.1.